The fourth-order valence-corrected chi connectivity index (χ4v) is 17.1. The largest absolute Gasteiger partial charge is 0.370 e. The second-order valence-corrected chi connectivity index (χ2v) is 31.1. The summed E-state index contributed by atoms with van der Waals surface area (Å²) in [6.07, 6.45) is 12.2. The number of para-hydroxylation sites is 4. The Balaban J connectivity index is 0.000000116. The van der Waals surface area contributed by atoms with Crippen molar-refractivity contribution in [2.75, 3.05) is 122 Å². The lowest BCUT2D eigenvalue weighted by molar-refractivity contribution is 0.0946. The van der Waals surface area contributed by atoms with Crippen LogP contribution in [0.5, 0.6) is 0 Å². The number of piperidine rings is 2. The predicted molar refractivity (Wildman–Crippen MR) is 448 cm³/mol. The van der Waals surface area contributed by atoms with E-state index in [2.05, 4.69) is 108 Å². The Morgan fingerprint density at radius 3 is 1.28 bits per heavy atom. The van der Waals surface area contributed by atoms with Crippen LogP contribution >= 0.6 is 0 Å². The lowest BCUT2D eigenvalue weighted by Gasteiger charge is -2.37. The number of pyridine rings is 8. The van der Waals surface area contributed by atoms with Crippen molar-refractivity contribution >= 4 is 151 Å². The lowest BCUT2D eigenvalue weighted by atomic mass is 9.91. The molecule has 4 amide bonds. The van der Waals surface area contributed by atoms with Crippen molar-refractivity contribution in [2.24, 2.45) is 23.7 Å². The number of fused-ring (bicyclic) bond motifs is 20. The number of aromatic nitrogens is 12. The van der Waals surface area contributed by atoms with Gasteiger partial charge in [0.15, 0.2) is 45.9 Å². The Morgan fingerprint density at radius 2 is 0.828 bits per heavy atom. The Hall–Kier alpha value is -12.8. The minimum absolute atomic E-state index is 0.137. The first-order chi connectivity index (χ1) is 56.1. The molecule has 0 aliphatic carbocycles. The van der Waals surface area contributed by atoms with Crippen LogP contribution in [0.4, 0.5) is 34.6 Å². The maximum atomic E-state index is 14.1. The molecule has 0 unspecified atom stereocenters. The van der Waals surface area contributed by atoms with Gasteiger partial charge in [0, 0.05) is 174 Å². The predicted octanol–water partition coefficient (Wildman–Crippen LogP) is 13.2. The molecule has 3 aliphatic heterocycles. The Kier molecular flexibility index (Phi) is 21.2. The van der Waals surface area contributed by atoms with Crippen LogP contribution in [0, 0.1) is 46.9 Å². The number of rotatable bonds is 10. The summed E-state index contributed by atoms with van der Waals surface area (Å²) < 4.78 is 62.9. The molecule has 12 aromatic heterocycles. The number of likely N-dealkylation sites (N-methyl/N-ethyl adjacent to an activating group) is 2. The molecule has 29 heteroatoms. The molecule has 0 spiro atoms. The van der Waals surface area contributed by atoms with Gasteiger partial charge >= 0.3 is 0 Å². The highest BCUT2D eigenvalue weighted by molar-refractivity contribution is 6.11. The summed E-state index contributed by atoms with van der Waals surface area (Å²) in [4.78, 5) is 98.8. The van der Waals surface area contributed by atoms with Gasteiger partial charge in [-0.15, -0.1) is 0 Å². The van der Waals surface area contributed by atoms with Crippen molar-refractivity contribution in [1.29, 1.82) is 0 Å². The molecule has 16 aromatic rings. The standard InChI is InChI=1S/C23H23F2N5O.C23H25N5O.C22H24N6O.C19H17F2N5O/c1-12-6-13(2)11-29(10-12)19-4-5-27-21-14(19)7-15(23(31)26-3)22-28-18-8-16(24)17(25)9-20(18)30(21)22;1-14-10-15(2)13-27(12-14)19-8-9-25-21-16(19)11-17(23(29)24-3)22-26-18-6-4-5-7-20(18)28(21)22;1-23-22(29)16-14-15-18(27-11-5-10-26(2)12-13-27)8-9-24-20(15)28-19-7-4-3-6-17(19)25-21(16)28;1-25(2)6-5-23-19(27)12-7-11-10-22-4-3-16(11)26-17-9-14(21)13(20)8-15(17)24-18(12)26/h4-5,7-9,12-13H,6,10-11H2,1-3H3,(H,26,31);4-9,11,14-15H,10,12-13H2,1-3H3,(H,24,29);3-4,6-9,14H,5,10-13H2,1-2H3,(H,23,29);3-4,7-10H,5-6H2,1-2H3,(H,23,27)/t12-,13+;14-,15+;;. The first-order valence-electron chi connectivity index (χ1n) is 39.1. The number of imidazole rings is 4. The van der Waals surface area contributed by atoms with Crippen LogP contribution < -0.4 is 36.0 Å². The second-order valence-electron chi connectivity index (χ2n) is 31.1. The van der Waals surface area contributed by atoms with Gasteiger partial charge in [-0.05, 0) is 143 Å². The molecule has 3 saturated heterocycles. The highest BCUT2D eigenvalue weighted by Gasteiger charge is 2.30. The van der Waals surface area contributed by atoms with Gasteiger partial charge in [0.2, 0.25) is 0 Å². The van der Waals surface area contributed by atoms with Crippen LogP contribution in [0.15, 0.2) is 152 Å². The molecule has 4 atom stereocenters. The average Bonchev–Trinajstić information content (AvgIpc) is 1.56. The van der Waals surface area contributed by atoms with Crippen LogP contribution in [-0.4, -0.2) is 199 Å². The third-order valence-corrected chi connectivity index (χ3v) is 22.2. The number of amides is 4. The Bertz CT molecular complexity index is 6560. The molecular weight excluding hydrogens is 1480 g/mol. The van der Waals surface area contributed by atoms with Gasteiger partial charge in [-0.25, -0.2) is 52.4 Å². The Labute approximate surface area is 664 Å². The van der Waals surface area contributed by atoms with E-state index < -0.39 is 23.3 Å². The van der Waals surface area contributed by atoms with Crippen molar-refractivity contribution < 1.29 is 36.7 Å². The Morgan fingerprint density at radius 1 is 0.422 bits per heavy atom. The van der Waals surface area contributed by atoms with E-state index in [4.69, 9.17) is 19.9 Å². The van der Waals surface area contributed by atoms with Gasteiger partial charge < -0.3 is 45.8 Å². The summed E-state index contributed by atoms with van der Waals surface area (Å²) in [6.45, 7) is 18.1. The average molecular weight is 1570 g/mol. The van der Waals surface area contributed by atoms with Crippen LogP contribution in [0.2, 0.25) is 0 Å². The maximum Gasteiger partial charge on any atom is 0.255 e. The smallest absolute Gasteiger partial charge is 0.255 e. The zero-order valence-electron chi connectivity index (χ0n) is 66.2. The van der Waals surface area contributed by atoms with E-state index in [1.807, 2.05) is 107 Å². The molecule has 4 N–H and O–H groups in total. The van der Waals surface area contributed by atoms with Gasteiger partial charge in [0.1, 0.15) is 16.9 Å². The van der Waals surface area contributed by atoms with Crippen LogP contribution in [0.25, 0.3) is 111 Å². The van der Waals surface area contributed by atoms with E-state index >= 15 is 0 Å². The molecule has 594 valence electrons. The number of nitrogens with one attached hydrogen (secondary N) is 4. The third-order valence-electron chi connectivity index (χ3n) is 22.2. The molecular formula is C87H89F4N21O4. The molecule has 19 rings (SSSR count). The molecule has 3 aliphatic rings. The number of benzene rings is 4. The topological polar surface area (TPSA) is 253 Å². The normalized spacial score (nSPS) is 16.9. The van der Waals surface area contributed by atoms with Gasteiger partial charge in [-0.3, -0.25) is 41.8 Å². The van der Waals surface area contributed by atoms with Crippen molar-refractivity contribution in [2.45, 2.75) is 47.0 Å². The summed E-state index contributed by atoms with van der Waals surface area (Å²) in [6, 6.07) is 35.4. The third kappa shape index (κ3) is 14.5. The van der Waals surface area contributed by atoms with Crippen molar-refractivity contribution in [3.05, 3.63) is 198 Å². The van der Waals surface area contributed by atoms with Gasteiger partial charge in [-0.1, -0.05) is 52.0 Å². The fraction of sp³-hybridized carbons (Fsp3) is 0.310. The van der Waals surface area contributed by atoms with Gasteiger partial charge in [0.25, 0.3) is 23.6 Å². The van der Waals surface area contributed by atoms with Crippen LogP contribution in [0.1, 0.15) is 88.4 Å². The van der Waals surface area contributed by atoms with E-state index in [1.54, 1.807) is 66.7 Å². The van der Waals surface area contributed by atoms with E-state index in [0.717, 1.165) is 150 Å². The number of hydrogen-bond acceptors (Lipinski definition) is 17. The quantitative estimate of drug-likeness (QED) is 0.0929. The molecule has 116 heavy (non-hydrogen) atoms. The first-order valence-corrected chi connectivity index (χ1v) is 39.1. The van der Waals surface area contributed by atoms with E-state index in [1.165, 1.54) is 12.8 Å². The van der Waals surface area contributed by atoms with E-state index in [9.17, 15) is 36.7 Å². The number of carbonyl (C=O) groups is 4. The summed E-state index contributed by atoms with van der Waals surface area (Å²) >= 11 is 0. The van der Waals surface area contributed by atoms with Crippen molar-refractivity contribution in [3.8, 4) is 0 Å². The molecule has 15 heterocycles. The summed E-state index contributed by atoms with van der Waals surface area (Å²) in [5.41, 5.74) is 14.8. The number of hydrogen-bond donors (Lipinski definition) is 4. The molecule has 3 fully saturated rings. The highest BCUT2D eigenvalue weighted by Crippen LogP contribution is 2.39. The minimum atomic E-state index is -0.980. The first kappa shape index (κ1) is 77.2. The zero-order chi connectivity index (χ0) is 81.1. The molecule has 25 nitrogen and oxygen atoms in total. The molecule has 0 radical (unpaired) electrons. The zero-order valence-corrected chi connectivity index (χ0v) is 66.2. The second kappa shape index (κ2) is 31.9. The van der Waals surface area contributed by atoms with Crippen LogP contribution in [0.3, 0.4) is 0 Å². The van der Waals surface area contributed by atoms with Gasteiger partial charge in [0.05, 0.1) is 71.9 Å². The summed E-state index contributed by atoms with van der Waals surface area (Å²) in [5.74, 6) is -2.44. The summed E-state index contributed by atoms with van der Waals surface area (Å²) in [7, 11) is 10.8. The lowest BCUT2D eigenvalue weighted by Crippen LogP contribution is -2.38. The monoisotopic (exact) mass is 1570 g/mol. The number of carbonyl (C=O) groups excluding carboxylic acids is 4. The van der Waals surface area contributed by atoms with Crippen LogP contribution in [-0.2, 0) is 0 Å². The highest BCUT2D eigenvalue weighted by atomic mass is 19.2. The van der Waals surface area contributed by atoms with Crippen molar-refractivity contribution in [1.82, 2.24) is 88.5 Å². The molecule has 0 saturated carbocycles. The number of halogens is 4. The number of anilines is 3. The SMILES string of the molecule is CN(C)CCNC(=O)c1cc2cnccc2n2c1nc1cc(F)c(F)cc12.CNC(=O)c1cc2c(N3CCCN(C)CC3)ccnc2n2c1nc1ccccc12.CNC(=O)c1cc2c(N3C[C@H](C)C[C@H](C)C3)ccnc2n2c1nc1cc(F)c(F)cc12.CNC(=O)c1cc2c(N3C[C@H](C)C[C@H](C)C3)ccnc2n2c1nc1ccccc12. The van der Waals surface area contributed by atoms with Crippen molar-refractivity contribution in [3.63, 3.8) is 0 Å². The maximum absolute atomic E-state index is 14.1. The minimum Gasteiger partial charge on any atom is -0.370 e. The number of nitrogens with zero attached hydrogens (tertiary/aromatic N) is 17. The van der Waals surface area contributed by atoms with E-state index in [-0.39, 0.29) is 34.7 Å². The van der Waals surface area contributed by atoms with Gasteiger partial charge in [-0.2, -0.15) is 0 Å². The fourth-order valence-electron chi connectivity index (χ4n) is 17.1. The molecule has 0 bridgehead atoms. The molecule has 4 aromatic carbocycles. The summed E-state index contributed by atoms with van der Waals surface area (Å²) in [5, 5.41) is 14.5. The van der Waals surface area contributed by atoms with E-state index in [0.29, 0.717) is 109 Å².